The predicted molar refractivity (Wildman–Crippen MR) is 272 cm³/mol. The van der Waals surface area contributed by atoms with Crippen molar-refractivity contribution in [2.24, 2.45) is 0 Å². The fraction of sp³-hybridized carbons (Fsp3) is 0. The topological polar surface area (TPSA) is 8.17 Å². The molecule has 0 aliphatic rings. The fourth-order valence-electron chi connectivity index (χ4n) is 9.88. The minimum atomic E-state index is 1.09. The summed E-state index contributed by atoms with van der Waals surface area (Å²) < 4.78 is 2.41. The van der Waals surface area contributed by atoms with Gasteiger partial charge in [-0.15, -0.1) is 0 Å². The number of benzene rings is 11. The van der Waals surface area contributed by atoms with E-state index in [1.165, 1.54) is 60.0 Å². The summed E-state index contributed by atoms with van der Waals surface area (Å²) in [5.41, 5.74) is 16.2. The van der Waals surface area contributed by atoms with Crippen LogP contribution < -0.4 is 4.90 Å². The Balaban J connectivity index is 1.14. The molecule has 0 atom stereocenters. The molecule has 11 aromatic carbocycles. The van der Waals surface area contributed by atoms with Gasteiger partial charge in [-0.25, -0.2) is 0 Å². The second-order valence-electron chi connectivity index (χ2n) is 16.4. The van der Waals surface area contributed by atoms with E-state index in [4.69, 9.17) is 0 Å². The van der Waals surface area contributed by atoms with E-state index >= 15 is 0 Å². The van der Waals surface area contributed by atoms with Gasteiger partial charge in [0.15, 0.2) is 0 Å². The van der Waals surface area contributed by atoms with E-state index in [2.05, 4.69) is 264 Å². The van der Waals surface area contributed by atoms with Gasteiger partial charge < -0.3 is 9.47 Å². The molecule has 64 heavy (non-hydrogen) atoms. The van der Waals surface area contributed by atoms with Crippen molar-refractivity contribution < 1.29 is 0 Å². The van der Waals surface area contributed by atoms with Crippen LogP contribution in [-0.2, 0) is 0 Å². The van der Waals surface area contributed by atoms with Gasteiger partial charge in [0.25, 0.3) is 0 Å². The Morgan fingerprint density at radius 3 is 1.53 bits per heavy atom. The summed E-state index contributed by atoms with van der Waals surface area (Å²) in [6.45, 7) is 0. The van der Waals surface area contributed by atoms with Crippen molar-refractivity contribution in [2.45, 2.75) is 0 Å². The van der Waals surface area contributed by atoms with Crippen LogP contribution in [0.4, 0.5) is 17.1 Å². The van der Waals surface area contributed by atoms with Crippen LogP contribution >= 0.6 is 0 Å². The van der Waals surface area contributed by atoms with Crippen molar-refractivity contribution >= 4 is 60.4 Å². The summed E-state index contributed by atoms with van der Waals surface area (Å²) in [6, 6.07) is 92.9. The van der Waals surface area contributed by atoms with E-state index in [1.54, 1.807) is 0 Å². The highest BCUT2D eigenvalue weighted by Crippen LogP contribution is 2.49. The molecule has 0 spiro atoms. The standard InChI is InChI=1S/C62H42N2/c1-3-19-43(20-4-1)46-37-39-62(57(42-46)47-25-17-26-48(41-47)63-59-35-15-12-31-55(59)56-32-13-16-36-60(56)63)64(58-34-14-11-28-50(58)45-21-5-2-6-22-45)61-40-38-53(52-29-9-10-30-54(52)61)51-33-18-24-44-23-7-8-27-49(44)51/h1-42H. The van der Waals surface area contributed by atoms with Crippen LogP contribution in [0, 0.1) is 0 Å². The van der Waals surface area contributed by atoms with E-state index in [-0.39, 0.29) is 0 Å². The highest BCUT2D eigenvalue weighted by atomic mass is 15.1. The van der Waals surface area contributed by atoms with E-state index in [0.717, 1.165) is 50.6 Å². The molecule has 1 heterocycles. The lowest BCUT2D eigenvalue weighted by Crippen LogP contribution is -2.13. The highest BCUT2D eigenvalue weighted by molar-refractivity contribution is 6.12. The summed E-state index contributed by atoms with van der Waals surface area (Å²) >= 11 is 0. The van der Waals surface area contributed by atoms with Crippen molar-refractivity contribution in [3.8, 4) is 50.2 Å². The van der Waals surface area contributed by atoms with E-state index in [9.17, 15) is 0 Å². The quantitative estimate of drug-likeness (QED) is 0.148. The molecule has 0 fully saturated rings. The van der Waals surface area contributed by atoms with Crippen molar-refractivity contribution in [2.75, 3.05) is 4.90 Å². The molecule has 0 radical (unpaired) electrons. The predicted octanol–water partition coefficient (Wildman–Crippen LogP) is 17.2. The second-order valence-corrected chi connectivity index (χ2v) is 16.4. The first-order chi connectivity index (χ1) is 31.8. The van der Waals surface area contributed by atoms with Crippen LogP contribution in [0.1, 0.15) is 0 Å². The van der Waals surface area contributed by atoms with Crippen LogP contribution in [-0.4, -0.2) is 4.57 Å². The molecule has 1 aromatic heterocycles. The maximum absolute atomic E-state index is 2.51. The Morgan fingerprint density at radius 1 is 0.250 bits per heavy atom. The van der Waals surface area contributed by atoms with Crippen LogP contribution in [0.5, 0.6) is 0 Å². The molecule has 0 amide bonds. The molecule has 0 saturated heterocycles. The molecule has 0 saturated carbocycles. The number of aromatic nitrogens is 1. The summed E-state index contributed by atoms with van der Waals surface area (Å²) in [5.74, 6) is 0. The number of anilines is 3. The SMILES string of the molecule is c1ccc(-c2ccc(N(c3ccccc3-c3ccccc3)c3ccc(-c4cccc5ccccc45)c4ccccc34)c(-c3cccc(-n4c5ccccc5c5ccccc54)c3)c2)cc1. The van der Waals surface area contributed by atoms with Gasteiger partial charge in [0.05, 0.1) is 28.1 Å². The molecule has 12 aromatic rings. The third-order valence-corrected chi connectivity index (χ3v) is 12.8. The van der Waals surface area contributed by atoms with E-state index in [0.29, 0.717) is 0 Å². The summed E-state index contributed by atoms with van der Waals surface area (Å²) in [6.07, 6.45) is 0. The Bertz CT molecular complexity index is 3620. The van der Waals surface area contributed by atoms with E-state index in [1.807, 2.05) is 0 Å². The zero-order valence-electron chi connectivity index (χ0n) is 35.1. The fourth-order valence-corrected chi connectivity index (χ4v) is 9.88. The van der Waals surface area contributed by atoms with Crippen LogP contribution in [0.15, 0.2) is 255 Å². The van der Waals surface area contributed by atoms with Crippen molar-refractivity contribution in [1.29, 1.82) is 0 Å². The third-order valence-electron chi connectivity index (χ3n) is 12.8. The monoisotopic (exact) mass is 814 g/mol. The first-order valence-electron chi connectivity index (χ1n) is 22.0. The summed E-state index contributed by atoms with van der Waals surface area (Å²) in [7, 11) is 0. The average molecular weight is 815 g/mol. The number of nitrogens with zero attached hydrogens (tertiary/aromatic N) is 2. The number of fused-ring (bicyclic) bond motifs is 5. The van der Waals surface area contributed by atoms with Crippen molar-refractivity contribution in [3.05, 3.63) is 255 Å². The lowest BCUT2D eigenvalue weighted by molar-refractivity contribution is 1.18. The molecule has 300 valence electrons. The van der Waals surface area contributed by atoms with Crippen molar-refractivity contribution in [1.82, 2.24) is 4.57 Å². The van der Waals surface area contributed by atoms with Gasteiger partial charge in [-0.2, -0.15) is 0 Å². The molecule has 0 unspecified atom stereocenters. The molecule has 12 rings (SSSR count). The van der Waals surface area contributed by atoms with Crippen LogP contribution in [0.3, 0.4) is 0 Å². The molecule has 0 bridgehead atoms. The minimum Gasteiger partial charge on any atom is -0.309 e. The Labute approximate surface area is 373 Å². The normalized spacial score (nSPS) is 11.4. The summed E-state index contributed by atoms with van der Waals surface area (Å²) in [4.78, 5) is 2.51. The maximum Gasteiger partial charge on any atom is 0.0541 e. The van der Waals surface area contributed by atoms with Crippen molar-refractivity contribution in [3.63, 3.8) is 0 Å². The smallest absolute Gasteiger partial charge is 0.0541 e. The molecule has 0 aliphatic carbocycles. The largest absolute Gasteiger partial charge is 0.309 e. The van der Waals surface area contributed by atoms with Gasteiger partial charge in [0.1, 0.15) is 0 Å². The maximum atomic E-state index is 2.51. The number of hydrogen-bond donors (Lipinski definition) is 0. The van der Waals surface area contributed by atoms with Crippen LogP contribution in [0.25, 0.3) is 93.5 Å². The lowest BCUT2D eigenvalue weighted by Gasteiger charge is -2.31. The van der Waals surface area contributed by atoms with Gasteiger partial charge in [-0.1, -0.05) is 206 Å². The van der Waals surface area contributed by atoms with E-state index < -0.39 is 0 Å². The van der Waals surface area contributed by atoms with Gasteiger partial charge in [0, 0.05) is 33.0 Å². The first-order valence-corrected chi connectivity index (χ1v) is 22.0. The Hall–Kier alpha value is -8.46. The Morgan fingerprint density at radius 2 is 0.766 bits per heavy atom. The highest BCUT2D eigenvalue weighted by Gasteiger charge is 2.24. The molecule has 0 N–H and O–H groups in total. The molecular formula is C62H42N2. The zero-order chi connectivity index (χ0) is 42.4. The molecular weight excluding hydrogens is 773 g/mol. The zero-order valence-corrected chi connectivity index (χ0v) is 35.1. The molecule has 2 heteroatoms. The van der Waals surface area contributed by atoms with Gasteiger partial charge in [0.2, 0.25) is 0 Å². The molecule has 0 aliphatic heterocycles. The lowest BCUT2D eigenvalue weighted by atomic mass is 9.91. The third kappa shape index (κ3) is 6.35. The number of hydrogen-bond acceptors (Lipinski definition) is 1. The van der Waals surface area contributed by atoms with Gasteiger partial charge in [-0.05, 0) is 98.1 Å². The number of rotatable bonds is 8. The average Bonchev–Trinajstić information content (AvgIpc) is 3.71. The summed E-state index contributed by atoms with van der Waals surface area (Å²) in [5, 5.41) is 7.35. The molecule has 2 nitrogen and oxygen atoms in total. The first kappa shape index (κ1) is 37.3. The van der Waals surface area contributed by atoms with Gasteiger partial charge >= 0.3 is 0 Å². The minimum absolute atomic E-state index is 1.09. The Kier molecular flexibility index (Phi) is 9.20. The number of para-hydroxylation sites is 3. The second kappa shape index (κ2) is 15.8. The van der Waals surface area contributed by atoms with Crippen LogP contribution in [0.2, 0.25) is 0 Å². The van der Waals surface area contributed by atoms with Gasteiger partial charge in [-0.3, -0.25) is 0 Å².